The first-order valence-electron chi connectivity index (χ1n) is 6.11. The lowest BCUT2D eigenvalue weighted by Crippen LogP contribution is -2.45. The van der Waals surface area contributed by atoms with Crippen molar-refractivity contribution in [2.45, 2.75) is 18.9 Å². The summed E-state index contributed by atoms with van der Waals surface area (Å²) in [4.78, 5) is 23.8. The molecule has 0 radical (unpaired) electrons. The van der Waals surface area contributed by atoms with E-state index >= 15 is 0 Å². The van der Waals surface area contributed by atoms with Crippen LogP contribution in [0.1, 0.15) is 23.3 Å². The molecule has 0 aromatic carbocycles. The summed E-state index contributed by atoms with van der Waals surface area (Å²) in [6, 6.07) is 0.512. The summed E-state index contributed by atoms with van der Waals surface area (Å²) >= 11 is 0. The van der Waals surface area contributed by atoms with E-state index in [9.17, 15) is 4.79 Å². The number of piperidine rings is 1. The number of aromatic nitrogens is 2. The molecule has 0 spiro atoms. The molecular weight excluding hydrogens is 230 g/mol. The Morgan fingerprint density at radius 2 is 2.28 bits per heavy atom. The van der Waals surface area contributed by atoms with Crippen LogP contribution < -0.4 is 10.6 Å². The van der Waals surface area contributed by atoms with E-state index in [2.05, 4.69) is 33.9 Å². The van der Waals surface area contributed by atoms with Crippen LogP contribution in [-0.2, 0) is 0 Å². The zero-order valence-electron chi connectivity index (χ0n) is 10.8. The van der Waals surface area contributed by atoms with Crippen LogP contribution in [0.15, 0.2) is 12.4 Å². The molecule has 1 atom stereocenters. The van der Waals surface area contributed by atoms with Gasteiger partial charge in [-0.2, -0.15) is 0 Å². The van der Waals surface area contributed by atoms with Gasteiger partial charge in [-0.15, -0.1) is 0 Å². The number of primary amides is 1. The van der Waals surface area contributed by atoms with E-state index in [0.717, 1.165) is 25.3 Å². The minimum atomic E-state index is -0.537. The summed E-state index contributed by atoms with van der Waals surface area (Å²) in [6.45, 7) is 1.85. The lowest BCUT2D eigenvalue weighted by Gasteiger charge is -2.36. The highest BCUT2D eigenvalue weighted by Crippen LogP contribution is 2.19. The zero-order chi connectivity index (χ0) is 13.1. The summed E-state index contributed by atoms with van der Waals surface area (Å²) in [5.41, 5.74) is 5.44. The number of nitrogens with two attached hydrogens (primary N) is 1. The molecular formula is C12H19N5O. The van der Waals surface area contributed by atoms with Gasteiger partial charge in [0.2, 0.25) is 0 Å². The zero-order valence-corrected chi connectivity index (χ0v) is 10.8. The molecule has 1 aliphatic rings. The third kappa shape index (κ3) is 2.76. The van der Waals surface area contributed by atoms with Gasteiger partial charge in [-0.3, -0.25) is 9.78 Å². The number of nitrogens with zero attached hydrogens (tertiary/aromatic N) is 4. The van der Waals surface area contributed by atoms with Crippen molar-refractivity contribution >= 4 is 11.7 Å². The summed E-state index contributed by atoms with van der Waals surface area (Å²) in [7, 11) is 4.17. The van der Waals surface area contributed by atoms with Gasteiger partial charge >= 0.3 is 0 Å². The molecule has 1 aliphatic heterocycles. The number of amides is 1. The molecule has 0 aliphatic carbocycles. The number of rotatable bonds is 3. The Morgan fingerprint density at radius 3 is 2.94 bits per heavy atom. The maximum Gasteiger partial charge on any atom is 0.268 e. The van der Waals surface area contributed by atoms with E-state index in [1.807, 2.05) is 0 Å². The molecule has 2 rings (SSSR count). The molecule has 1 aromatic rings. The van der Waals surface area contributed by atoms with Gasteiger partial charge in [0.15, 0.2) is 0 Å². The van der Waals surface area contributed by atoms with Gasteiger partial charge in [0.05, 0.1) is 12.4 Å². The fourth-order valence-corrected chi connectivity index (χ4v) is 2.21. The fraction of sp³-hybridized carbons (Fsp3) is 0.583. The Kier molecular flexibility index (Phi) is 3.76. The van der Waals surface area contributed by atoms with Crippen molar-refractivity contribution in [2.24, 2.45) is 5.73 Å². The van der Waals surface area contributed by atoms with E-state index in [-0.39, 0.29) is 5.69 Å². The average Bonchev–Trinajstić information content (AvgIpc) is 2.39. The van der Waals surface area contributed by atoms with Crippen LogP contribution in [-0.4, -0.2) is 54.0 Å². The second-order valence-corrected chi connectivity index (χ2v) is 4.83. The van der Waals surface area contributed by atoms with E-state index in [1.165, 1.54) is 12.6 Å². The Labute approximate surface area is 107 Å². The molecule has 0 unspecified atom stereocenters. The van der Waals surface area contributed by atoms with Crippen LogP contribution >= 0.6 is 0 Å². The normalized spacial score (nSPS) is 20.2. The van der Waals surface area contributed by atoms with Crippen molar-refractivity contribution in [1.29, 1.82) is 0 Å². The van der Waals surface area contributed by atoms with Crippen molar-refractivity contribution in [2.75, 3.05) is 32.1 Å². The smallest absolute Gasteiger partial charge is 0.268 e. The predicted molar refractivity (Wildman–Crippen MR) is 69.5 cm³/mol. The van der Waals surface area contributed by atoms with Crippen molar-refractivity contribution < 1.29 is 4.79 Å². The molecule has 1 aromatic heterocycles. The third-order valence-electron chi connectivity index (χ3n) is 3.33. The van der Waals surface area contributed by atoms with Crippen LogP contribution in [0.2, 0.25) is 0 Å². The fourth-order valence-electron chi connectivity index (χ4n) is 2.21. The molecule has 18 heavy (non-hydrogen) atoms. The monoisotopic (exact) mass is 249 g/mol. The van der Waals surface area contributed by atoms with Crippen molar-refractivity contribution in [3.63, 3.8) is 0 Å². The highest BCUT2D eigenvalue weighted by Gasteiger charge is 2.22. The number of hydrogen-bond donors (Lipinski definition) is 1. The van der Waals surface area contributed by atoms with Gasteiger partial charge in [0.25, 0.3) is 5.91 Å². The van der Waals surface area contributed by atoms with Gasteiger partial charge in [0.1, 0.15) is 11.5 Å². The number of hydrogen-bond acceptors (Lipinski definition) is 5. The van der Waals surface area contributed by atoms with Gasteiger partial charge < -0.3 is 15.5 Å². The van der Waals surface area contributed by atoms with Crippen LogP contribution in [0, 0.1) is 0 Å². The Morgan fingerprint density at radius 1 is 1.50 bits per heavy atom. The topological polar surface area (TPSA) is 75.3 Å². The Hall–Kier alpha value is -1.69. The third-order valence-corrected chi connectivity index (χ3v) is 3.33. The first-order chi connectivity index (χ1) is 8.58. The molecule has 0 saturated carbocycles. The lowest BCUT2D eigenvalue weighted by molar-refractivity contribution is 0.0995. The van der Waals surface area contributed by atoms with Crippen LogP contribution in [0.5, 0.6) is 0 Å². The maximum absolute atomic E-state index is 11.1. The summed E-state index contributed by atoms with van der Waals surface area (Å²) < 4.78 is 0. The predicted octanol–water partition coefficient (Wildman–Crippen LogP) is 0.106. The summed E-state index contributed by atoms with van der Waals surface area (Å²) in [6.07, 6.45) is 5.39. The number of anilines is 1. The molecule has 2 N–H and O–H groups in total. The second kappa shape index (κ2) is 5.30. The van der Waals surface area contributed by atoms with E-state index in [1.54, 1.807) is 6.20 Å². The maximum atomic E-state index is 11.1. The number of carbonyl (C=O) groups is 1. The van der Waals surface area contributed by atoms with Crippen molar-refractivity contribution in [3.05, 3.63) is 18.1 Å². The second-order valence-electron chi connectivity index (χ2n) is 4.83. The van der Waals surface area contributed by atoms with Gasteiger partial charge in [-0.25, -0.2) is 4.98 Å². The first-order valence-corrected chi connectivity index (χ1v) is 6.11. The average molecular weight is 249 g/mol. The molecule has 0 bridgehead atoms. The summed E-state index contributed by atoms with van der Waals surface area (Å²) in [5.74, 6) is 0.198. The molecule has 6 heteroatoms. The molecule has 98 valence electrons. The van der Waals surface area contributed by atoms with E-state index < -0.39 is 5.91 Å². The largest absolute Gasteiger partial charge is 0.364 e. The standard InChI is InChI=1S/C12H19N5O/c1-16(2)9-4-3-5-17(8-9)11-7-14-6-10(15-11)12(13)18/h6-7,9H,3-5,8H2,1-2H3,(H2,13,18)/t9-/m1/s1. The minimum Gasteiger partial charge on any atom is -0.364 e. The lowest BCUT2D eigenvalue weighted by atomic mass is 10.1. The quantitative estimate of drug-likeness (QED) is 0.822. The molecule has 1 amide bonds. The van der Waals surface area contributed by atoms with Gasteiger partial charge in [-0.05, 0) is 26.9 Å². The Bertz CT molecular complexity index is 434. The van der Waals surface area contributed by atoms with Crippen molar-refractivity contribution in [1.82, 2.24) is 14.9 Å². The van der Waals surface area contributed by atoms with Crippen LogP contribution in [0.25, 0.3) is 0 Å². The van der Waals surface area contributed by atoms with Gasteiger partial charge in [0, 0.05) is 19.1 Å². The molecule has 1 saturated heterocycles. The van der Waals surface area contributed by atoms with Crippen LogP contribution in [0.4, 0.5) is 5.82 Å². The first kappa shape index (κ1) is 12.8. The molecule has 6 nitrogen and oxygen atoms in total. The minimum absolute atomic E-state index is 0.222. The SMILES string of the molecule is CN(C)[C@@H]1CCCN(c2cncc(C(N)=O)n2)C1. The summed E-state index contributed by atoms with van der Waals surface area (Å²) in [5, 5.41) is 0. The highest BCUT2D eigenvalue weighted by molar-refractivity contribution is 5.90. The molecule has 1 fully saturated rings. The number of likely N-dealkylation sites (N-methyl/N-ethyl adjacent to an activating group) is 1. The van der Waals surface area contributed by atoms with Crippen molar-refractivity contribution in [3.8, 4) is 0 Å². The highest BCUT2D eigenvalue weighted by atomic mass is 16.1. The Balaban J connectivity index is 2.15. The van der Waals surface area contributed by atoms with Gasteiger partial charge in [-0.1, -0.05) is 0 Å². The van der Waals surface area contributed by atoms with E-state index in [0.29, 0.717) is 6.04 Å². The molecule has 2 heterocycles. The van der Waals surface area contributed by atoms with E-state index in [4.69, 9.17) is 5.73 Å². The van der Waals surface area contributed by atoms with Crippen LogP contribution in [0.3, 0.4) is 0 Å². The number of carbonyl (C=O) groups excluding carboxylic acids is 1.